The number of carbonyl (C=O) groups excluding carboxylic acids is 14. The van der Waals surface area contributed by atoms with Crippen LogP contribution in [0.4, 0.5) is 19.2 Å². The van der Waals surface area contributed by atoms with Crippen molar-refractivity contribution in [3.05, 3.63) is 144 Å². The quantitative estimate of drug-likeness (QED) is 0.0448. The van der Waals surface area contributed by atoms with Gasteiger partial charge < -0.3 is 89.0 Å². The Morgan fingerprint density at radius 3 is 0.871 bits per heavy atom. The summed E-state index contributed by atoms with van der Waals surface area (Å²) in [7, 11) is 0. The van der Waals surface area contributed by atoms with Gasteiger partial charge in [0.15, 0.2) is 0 Å². The predicted molar refractivity (Wildman–Crippen MR) is 450 cm³/mol. The third kappa shape index (κ3) is 29.6. The van der Waals surface area contributed by atoms with E-state index >= 15 is 0 Å². The summed E-state index contributed by atoms with van der Waals surface area (Å²) in [5.74, 6) is -3.46. The topological polar surface area (TPSA) is 414 Å². The van der Waals surface area contributed by atoms with Crippen molar-refractivity contribution in [3.63, 3.8) is 0 Å². The lowest BCUT2D eigenvalue weighted by Crippen LogP contribution is -2.56. The number of amides is 8. The molecular formula is C92H124N8O24. The van der Waals surface area contributed by atoms with Gasteiger partial charge in [0, 0.05) is 49.9 Å². The van der Waals surface area contributed by atoms with Crippen LogP contribution < -0.4 is 21.3 Å². The fourth-order valence-electron chi connectivity index (χ4n) is 16.4. The fourth-order valence-corrected chi connectivity index (χ4v) is 16.4. The van der Waals surface area contributed by atoms with Crippen LogP contribution in [0, 0.1) is 0 Å². The molecule has 8 amide bonds. The number of carbonyl (C=O) groups is 14. The first kappa shape index (κ1) is 96.8. The number of rotatable bonds is 16. The highest BCUT2D eigenvalue weighted by molar-refractivity contribution is 5.96. The van der Waals surface area contributed by atoms with Gasteiger partial charge in [-0.3, -0.25) is 28.8 Å². The SMILES string of the molecule is CC(C)(C)OC(=O)N[C@H]1CC(=O)CC[C@H]2CC[C@@H](C(=O)OCc3ccccc3)N2C1=O.CC(C)(C)OC(=O)N[C@H]1CCC(=O)C[C@H]2CC[C@@H](C(=O)OCc3ccccc3)N2C1=O.CC(C)(C)OC(=O)N[C@H]1CC[C@@H](O)C[C@H]2CC[C@@H](C(=O)OCc3ccccc3)N2C1=O.CC(C)(C)OC(=O)N[C@H]1CC[C@H](O)C[C@H]2CC[C@@H](C(=O)OCc3ccccc3)N2C1=O. The van der Waals surface area contributed by atoms with E-state index in [4.69, 9.17) is 37.9 Å². The molecule has 8 saturated heterocycles. The molecule has 0 spiro atoms. The largest absolute Gasteiger partial charge is 0.459 e. The first-order valence-corrected chi connectivity index (χ1v) is 43.0. The summed E-state index contributed by atoms with van der Waals surface area (Å²) in [6, 6.07) is 29.5. The van der Waals surface area contributed by atoms with Crippen molar-refractivity contribution in [2.24, 2.45) is 0 Å². The van der Waals surface area contributed by atoms with E-state index in [0.29, 0.717) is 89.9 Å². The highest BCUT2D eigenvalue weighted by Gasteiger charge is 2.51. The maximum absolute atomic E-state index is 13.3. The standard InChI is InChI=1S/2C23H32N2O6.2C23H30N2O6/c3*1-23(2,3)31-22(29)24-18-11-10-17(26)13-16-9-12-19(25(16)20(18)27)21(28)30-14-15-7-5-4-6-8-15;1-23(2,3)31-22(29)24-18-13-17(26)11-9-16-10-12-19(25(16)20(18)27)21(28)30-14-15-7-5-4-6-8-15/h2*4-8,16-19,26H,9-14H2,1-3H3,(H,24,29);2*4-8,16,18-19H,9-14H2,1-3H3,(H,24,29)/t16-,17+,18+,19+;16-,17-,18+,19+;16-,18+,19+;16-,18-,19-/m1110/s1. The van der Waals surface area contributed by atoms with Crippen LogP contribution in [0.2, 0.25) is 0 Å². The minimum absolute atomic E-state index is 0.0109. The summed E-state index contributed by atoms with van der Waals surface area (Å²) in [4.78, 5) is 184. The van der Waals surface area contributed by atoms with Crippen molar-refractivity contribution in [2.45, 2.75) is 345 Å². The van der Waals surface area contributed by atoms with Gasteiger partial charge in [-0.1, -0.05) is 121 Å². The Balaban J connectivity index is 0.000000187. The third-order valence-corrected chi connectivity index (χ3v) is 22.0. The fraction of sp³-hybridized carbons (Fsp3) is 0.587. The molecule has 8 heterocycles. The van der Waals surface area contributed by atoms with Gasteiger partial charge in [-0.15, -0.1) is 0 Å². The Kier molecular flexibility index (Phi) is 34.4. The number of aliphatic hydroxyl groups excluding tert-OH is 2. The molecule has 124 heavy (non-hydrogen) atoms. The average molecular weight is 1730 g/mol. The number of Topliss-reactive ketones (excluding diaryl/α,β-unsaturated/α-hetero) is 2. The summed E-state index contributed by atoms with van der Waals surface area (Å²) in [5.41, 5.74) is 0.586. The van der Waals surface area contributed by atoms with Gasteiger partial charge in [-0.25, -0.2) is 38.4 Å². The number of hydrogen-bond acceptors (Lipinski definition) is 24. The van der Waals surface area contributed by atoms with E-state index in [-0.39, 0.29) is 118 Å². The molecule has 676 valence electrons. The van der Waals surface area contributed by atoms with Crippen molar-refractivity contribution in [1.29, 1.82) is 0 Å². The van der Waals surface area contributed by atoms with Gasteiger partial charge in [-0.05, 0) is 208 Å². The van der Waals surface area contributed by atoms with Gasteiger partial charge in [0.05, 0.1) is 12.2 Å². The molecule has 8 aliphatic rings. The monoisotopic (exact) mass is 1720 g/mol. The number of ether oxygens (including phenoxy) is 8. The first-order chi connectivity index (χ1) is 58.5. The molecule has 0 aliphatic carbocycles. The van der Waals surface area contributed by atoms with Crippen molar-refractivity contribution >= 4 is 83.4 Å². The van der Waals surface area contributed by atoms with Crippen LogP contribution in [-0.2, 0) is 112 Å². The highest BCUT2D eigenvalue weighted by atomic mass is 16.6. The number of ketones is 2. The Morgan fingerprint density at radius 2 is 0.556 bits per heavy atom. The lowest BCUT2D eigenvalue weighted by molar-refractivity contribution is -0.157. The summed E-state index contributed by atoms with van der Waals surface area (Å²) in [5, 5.41) is 31.1. The molecule has 6 N–H and O–H groups in total. The van der Waals surface area contributed by atoms with Gasteiger partial charge >= 0.3 is 48.3 Å². The zero-order chi connectivity index (χ0) is 90.4. The zero-order valence-electron chi connectivity index (χ0n) is 73.3. The Hall–Kier alpha value is -11.0. The van der Waals surface area contributed by atoms with E-state index in [1.165, 1.54) is 19.6 Å². The normalized spacial score (nSPS) is 25.3. The molecule has 0 radical (unpaired) electrons. The predicted octanol–water partition coefficient (Wildman–Crippen LogP) is 10.5. The Labute approximate surface area is 724 Å². The van der Waals surface area contributed by atoms with Crippen molar-refractivity contribution in [3.8, 4) is 0 Å². The number of nitrogens with one attached hydrogen (secondary N) is 4. The molecule has 4 aromatic rings. The van der Waals surface area contributed by atoms with E-state index in [9.17, 15) is 77.3 Å². The highest BCUT2D eigenvalue weighted by Crippen LogP contribution is 2.37. The molecule has 0 unspecified atom stereocenters. The van der Waals surface area contributed by atoms with Gasteiger partial charge in [0.2, 0.25) is 23.6 Å². The van der Waals surface area contributed by atoms with Crippen LogP contribution in [-0.4, -0.2) is 220 Å². The summed E-state index contributed by atoms with van der Waals surface area (Å²) in [6.45, 7) is 21.3. The van der Waals surface area contributed by atoms with Crippen LogP contribution in [0.1, 0.15) is 234 Å². The molecule has 8 aliphatic heterocycles. The minimum Gasteiger partial charge on any atom is -0.459 e. The molecule has 0 aromatic heterocycles. The second kappa shape index (κ2) is 44.0. The van der Waals surface area contributed by atoms with Crippen LogP contribution in [0.5, 0.6) is 0 Å². The van der Waals surface area contributed by atoms with E-state index < -0.39 is 137 Å². The molecule has 0 bridgehead atoms. The summed E-state index contributed by atoms with van der Waals surface area (Å²) in [6.07, 6.45) is 3.51. The van der Waals surface area contributed by atoms with Crippen molar-refractivity contribution in [1.82, 2.24) is 40.9 Å². The number of benzene rings is 4. The maximum Gasteiger partial charge on any atom is 0.408 e. The maximum atomic E-state index is 13.3. The number of hydrogen-bond donors (Lipinski definition) is 6. The van der Waals surface area contributed by atoms with Gasteiger partial charge in [0.25, 0.3) is 0 Å². The van der Waals surface area contributed by atoms with E-state index in [2.05, 4.69) is 21.3 Å². The second-order valence-electron chi connectivity index (χ2n) is 36.6. The minimum atomic E-state index is -1.06. The van der Waals surface area contributed by atoms with E-state index in [1.54, 1.807) is 83.1 Å². The molecule has 32 nitrogen and oxygen atoms in total. The number of nitrogens with zero attached hydrogens (tertiary/aromatic N) is 4. The third-order valence-electron chi connectivity index (χ3n) is 22.0. The summed E-state index contributed by atoms with van der Waals surface area (Å²) < 4.78 is 43.0. The van der Waals surface area contributed by atoms with E-state index in [0.717, 1.165) is 22.3 Å². The Morgan fingerprint density at radius 1 is 0.306 bits per heavy atom. The average Bonchev–Trinajstić information content (AvgIpc) is 1.65. The lowest BCUT2D eigenvalue weighted by atomic mass is 9.96. The van der Waals surface area contributed by atoms with Crippen LogP contribution >= 0.6 is 0 Å². The van der Waals surface area contributed by atoms with Crippen LogP contribution in [0.3, 0.4) is 0 Å². The molecule has 8 fully saturated rings. The van der Waals surface area contributed by atoms with Crippen LogP contribution in [0.25, 0.3) is 0 Å². The number of fused-ring (bicyclic) bond motifs is 4. The molecule has 12 rings (SSSR count). The van der Waals surface area contributed by atoms with E-state index in [1.807, 2.05) is 121 Å². The van der Waals surface area contributed by atoms with Gasteiger partial charge in [-0.2, -0.15) is 0 Å². The molecule has 32 heteroatoms. The second-order valence-corrected chi connectivity index (χ2v) is 36.6. The summed E-state index contributed by atoms with van der Waals surface area (Å²) >= 11 is 0. The number of alkyl carbamates (subject to hydrolysis) is 4. The Bertz CT molecular complexity index is 4200. The van der Waals surface area contributed by atoms with Gasteiger partial charge in [0.1, 0.15) is 109 Å². The lowest BCUT2D eigenvalue weighted by Gasteiger charge is -2.36. The van der Waals surface area contributed by atoms with Crippen molar-refractivity contribution < 1.29 is 115 Å². The molecule has 0 saturated carbocycles. The molecular weight excluding hydrogens is 1600 g/mol. The zero-order valence-corrected chi connectivity index (χ0v) is 73.3. The van der Waals surface area contributed by atoms with Crippen molar-refractivity contribution in [2.75, 3.05) is 0 Å². The van der Waals surface area contributed by atoms with Crippen LogP contribution in [0.15, 0.2) is 121 Å². The molecule has 4 aromatic carbocycles. The first-order valence-electron chi connectivity index (χ1n) is 43.0. The smallest absolute Gasteiger partial charge is 0.408 e. The molecule has 14 atom stereocenters. The number of aliphatic hydroxyl groups is 2. The number of esters is 4.